The van der Waals surface area contributed by atoms with Gasteiger partial charge in [-0.3, -0.25) is 9.78 Å². The van der Waals surface area contributed by atoms with E-state index in [4.69, 9.17) is 0 Å². The topological polar surface area (TPSA) is 74.2 Å². The van der Waals surface area contributed by atoms with Crippen LogP contribution in [0.5, 0.6) is 0 Å². The van der Waals surface area contributed by atoms with E-state index in [0.29, 0.717) is 5.56 Å². The van der Waals surface area contributed by atoms with Gasteiger partial charge < -0.3 is 15.7 Å². The number of aromatic nitrogens is 1. The van der Waals surface area contributed by atoms with Crippen LogP contribution in [0, 0.1) is 17.0 Å². The zero-order valence-corrected chi connectivity index (χ0v) is 19.2. The van der Waals surface area contributed by atoms with Gasteiger partial charge in [-0.1, -0.05) is 20.8 Å². The van der Waals surface area contributed by atoms with Gasteiger partial charge in [0.15, 0.2) is 0 Å². The summed E-state index contributed by atoms with van der Waals surface area (Å²) in [6.45, 7) is 8.16. The lowest BCUT2D eigenvalue weighted by atomic mass is 9.88. The predicted molar refractivity (Wildman–Crippen MR) is 120 cm³/mol. The zero-order valence-electron chi connectivity index (χ0n) is 19.2. The van der Waals surface area contributed by atoms with Crippen molar-refractivity contribution in [3.05, 3.63) is 65.0 Å². The highest BCUT2D eigenvalue weighted by atomic mass is 19.1. The Labute approximate surface area is 188 Å². The van der Waals surface area contributed by atoms with E-state index in [1.54, 1.807) is 0 Å². The maximum Gasteiger partial charge on any atom is 0.217 e. The minimum absolute atomic E-state index is 0.115. The van der Waals surface area contributed by atoms with E-state index in [0.717, 1.165) is 31.0 Å². The van der Waals surface area contributed by atoms with Gasteiger partial charge in [0, 0.05) is 25.7 Å². The number of benzene rings is 1. The first kappa shape index (κ1) is 24.3. The van der Waals surface area contributed by atoms with Crippen LogP contribution < -0.4 is 10.6 Å². The van der Waals surface area contributed by atoms with Gasteiger partial charge in [0.1, 0.15) is 11.6 Å². The normalized spacial score (nSPS) is 17.0. The molecule has 1 amide bonds. The standard InChI is InChI=1S/C25H33F2N3O2/c1-16(31)30-21(11-18-9-19(26)13-20(27)10-18)22(32)15-29-25(6-7-25)23-12-17(5-8-28-23)14-24(2,3)4/h5,8-10,12-13,21-22,29,32H,6-7,11,14-15H2,1-4H3,(H,30,31). The molecule has 0 saturated heterocycles. The molecule has 2 aromatic rings. The summed E-state index contributed by atoms with van der Waals surface area (Å²) < 4.78 is 27.1. The summed E-state index contributed by atoms with van der Waals surface area (Å²) in [5.41, 5.74) is 2.43. The maximum absolute atomic E-state index is 13.6. The molecule has 3 N–H and O–H groups in total. The van der Waals surface area contributed by atoms with Crippen LogP contribution in [0.2, 0.25) is 0 Å². The summed E-state index contributed by atoms with van der Waals surface area (Å²) in [7, 11) is 0. The monoisotopic (exact) mass is 445 g/mol. The number of carbonyl (C=O) groups excluding carboxylic acids is 1. The molecule has 3 rings (SSSR count). The zero-order chi connectivity index (χ0) is 23.5. The molecule has 1 fully saturated rings. The number of aliphatic hydroxyl groups excluding tert-OH is 1. The molecular weight excluding hydrogens is 412 g/mol. The Morgan fingerprint density at radius 3 is 2.38 bits per heavy atom. The second kappa shape index (κ2) is 9.63. The van der Waals surface area contributed by atoms with Crippen LogP contribution in [-0.4, -0.2) is 34.7 Å². The van der Waals surface area contributed by atoms with Gasteiger partial charge in [0.2, 0.25) is 5.91 Å². The van der Waals surface area contributed by atoms with Crippen LogP contribution in [0.1, 0.15) is 57.4 Å². The van der Waals surface area contributed by atoms with E-state index in [-0.39, 0.29) is 29.8 Å². The highest BCUT2D eigenvalue weighted by molar-refractivity contribution is 5.73. The minimum atomic E-state index is -0.944. The van der Waals surface area contributed by atoms with Gasteiger partial charge in [0.25, 0.3) is 0 Å². The molecule has 0 bridgehead atoms. The van der Waals surface area contributed by atoms with Crippen LogP contribution in [0.4, 0.5) is 8.78 Å². The highest BCUT2D eigenvalue weighted by Gasteiger charge is 2.46. The van der Waals surface area contributed by atoms with Crippen molar-refractivity contribution in [2.75, 3.05) is 6.54 Å². The number of carbonyl (C=O) groups is 1. The molecule has 2 unspecified atom stereocenters. The van der Waals surface area contributed by atoms with Crippen LogP contribution >= 0.6 is 0 Å². The summed E-state index contributed by atoms with van der Waals surface area (Å²) in [4.78, 5) is 16.2. The van der Waals surface area contributed by atoms with Crippen molar-refractivity contribution in [2.24, 2.45) is 5.41 Å². The van der Waals surface area contributed by atoms with E-state index in [1.807, 2.05) is 12.3 Å². The Morgan fingerprint density at radius 1 is 1.16 bits per heavy atom. The van der Waals surface area contributed by atoms with Crippen molar-refractivity contribution in [1.82, 2.24) is 15.6 Å². The SMILES string of the molecule is CC(=O)NC(Cc1cc(F)cc(F)c1)C(O)CNC1(c2cc(CC(C)(C)C)ccn2)CC1. The van der Waals surface area contributed by atoms with E-state index < -0.39 is 23.8 Å². The summed E-state index contributed by atoms with van der Waals surface area (Å²) in [5.74, 6) is -1.69. The van der Waals surface area contributed by atoms with Gasteiger partial charge >= 0.3 is 0 Å². The average Bonchev–Trinajstić information content (AvgIpc) is 3.44. The number of nitrogens with zero attached hydrogens (tertiary/aromatic N) is 1. The van der Waals surface area contributed by atoms with Crippen molar-refractivity contribution in [1.29, 1.82) is 0 Å². The fourth-order valence-electron chi connectivity index (χ4n) is 4.08. The van der Waals surface area contributed by atoms with E-state index >= 15 is 0 Å². The highest BCUT2D eigenvalue weighted by Crippen LogP contribution is 2.44. The van der Waals surface area contributed by atoms with Crippen molar-refractivity contribution < 1.29 is 18.7 Å². The average molecular weight is 446 g/mol. The smallest absolute Gasteiger partial charge is 0.217 e. The third-order valence-corrected chi connectivity index (χ3v) is 5.68. The lowest BCUT2D eigenvalue weighted by Crippen LogP contribution is -2.49. The molecular formula is C25H33F2N3O2. The van der Waals surface area contributed by atoms with Gasteiger partial charge in [-0.15, -0.1) is 0 Å². The van der Waals surface area contributed by atoms with Crippen molar-refractivity contribution in [2.45, 2.75) is 71.1 Å². The van der Waals surface area contributed by atoms with Crippen molar-refractivity contribution in [3.8, 4) is 0 Å². The number of halogens is 2. The molecule has 174 valence electrons. The summed E-state index contributed by atoms with van der Waals surface area (Å²) in [5, 5.41) is 17.0. The van der Waals surface area contributed by atoms with E-state index in [1.165, 1.54) is 24.6 Å². The molecule has 1 aliphatic rings. The summed E-state index contributed by atoms with van der Waals surface area (Å²) >= 11 is 0. The molecule has 1 saturated carbocycles. The first-order chi connectivity index (χ1) is 15.0. The first-order valence-electron chi connectivity index (χ1n) is 11.1. The number of aliphatic hydroxyl groups is 1. The van der Waals surface area contributed by atoms with Crippen molar-refractivity contribution in [3.63, 3.8) is 0 Å². The van der Waals surface area contributed by atoms with Crippen LogP contribution in [0.25, 0.3) is 0 Å². The fourth-order valence-corrected chi connectivity index (χ4v) is 4.08. The Balaban J connectivity index is 1.68. The number of hydrogen-bond acceptors (Lipinski definition) is 4. The van der Waals surface area contributed by atoms with Crippen LogP contribution in [0.15, 0.2) is 36.5 Å². The minimum Gasteiger partial charge on any atom is -0.390 e. The molecule has 2 atom stereocenters. The second-order valence-electron chi connectivity index (χ2n) is 10.1. The molecule has 7 heteroatoms. The predicted octanol–water partition coefficient (Wildman–Crippen LogP) is 3.64. The largest absolute Gasteiger partial charge is 0.390 e. The molecule has 1 aliphatic carbocycles. The summed E-state index contributed by atoms with van der Waals surface area (Å²) in [6, 6.07) is 6.70. The Morgan fingerprint density at radius 2 is 1.81 bits per heavy atom. The number of amides is 1. The third-order valence-electron chi connectivity index (χ3n) is 5.68. The van der Waals surface area contributed by atoms with E-state index in [2.05, 4.69) is 42.5 Å². The molecule has 0 spiro atoms. The van der Waals surface area contributed by atoms with Crippen LogP contribution in [0.3, 0.4) is 0 Å². The molecule has 0 radical (unpaired) electrons. The Kier molecular flexibility index (Phi) is 7.30. The van der Waals surface area contributed by atoms with Gasteiger partial charge in [-0.2, -0.15) is 0 Å². The molecule has 5 nitrogen and oxygen atoms in total. The lowest BCUT2D eigenvalue weighted by Gasteiger charge is -2.27. The number of nitrogens with one attached hydrogen (secondary N) is 2. The third kappa shape index (κ3) is 6.81. The fraction of sp³-hybridized carbons (Fsp3) is 0.520. The van der Waals surface area contributed by atoms with Gasteiger partial charge in [0.05, 0.1) is 23.4 Å². The molecule has 1 aromatic heterocycles. The maximum atomic E-state index is 13.6. The van der Waals surface area contributed by atoms with Crippen molar-refractivity contribution >= 4 is 5.91 Å². The number of pyridine rings is 1. The lowest BCUT2D eigenvalue weighted by molar-refractivity contribution is -0.120. The molecule has 0 aliphatic heterocycles. The molecule has 1 aromatic carbocycles. The van der Waals surface area contributed by atoms with E-state index in [9.17, 15) is 18.7 Å². The first-order valence-corrected chi connectivity index (χ1v) is 11.1. The summed E-state index contributed by atoms with van der Waals surface area (Å²) in [6.07, 6.45) is 3.75. The molecule has 32 heavy (non-hydrogen) atoms. The van der Waals surface area contributed by atoms with Crippen LogP contribution in [-0.2, 0) is 23.2 Å². The Hall–Kier alpha value is -2.38. The molecule has 1 heterocycles. The number of hydrogen-bond donors (Lipinski definition) is 3. The van der Waals surface area contributed by atoms with Gasteiger partial charge in [-0.25, -0.2) is 8.78 Å². The second-order valence-corrected chi connectivity index (χ2v) is 10.1. The quantitative estimate of drug-likeness (QED) is 0.551. The van der Waals surface area contributed by atoms with Gasteiger partial charge in [-0.05, 0) is 66.5 Å². The Bertz CT molecular complexity index is 934. The number of rotatable bonds is 9.